The van der Waals surface area contributed by atoms with E-state index in [0.717, 1.165) is 6.42 Å². The van der Waals surface area contributed by atoms with E-state index in [-0.39, 0.29) is 0 Å². The van der Waals surface area contributed by atoms with Gasteiger partial charge in [0.05, 0.1) is 0 Å². The standard InChI is InChI=1S/C10H23O2P/c1-4-5-6-7-8-10(2)9-13(3,11)12/h10H,4-9H2,1-3H3,(H,11,12). The minimum Gasteiger partial charge on any atom is -0.344 e. The van der Waals surface area contributed by atoms with Gasteiger partial charge in [0.2, 0.25) is 0 Å². The first-order valence-electron chi connectivity index (χ1n) is 5.25. The van der Waals surface area contributed by atoms with Crippen molar-refractivity contribution in [1.29, 1.82) is 0 Å². The second-order valence-electron chi connectivity index (χ2n) is 4.19. The van der Waals surface area contributed by atoms with Gasteiger partial charge in [0.25, 0.3) is 0 Å². The Hall–Kier alpha value is 0.190. The summed E-state index contributed by atoms with van der Waals surface area (Å²) in [6.45, 7) is 5.71. The smallest absolute Gasteiger partial charge is 0.197 e. The van der Waals surface area contributed by atoms with Crippen LogP contribution in [0, 0.1) is 5.92 Å². The maximum Gasteiger partial charge on any atom is 0.197 e. The summed E-state index contributed by atoms with van der Waals surface area (Å²) in [5.41, 5.74) is 0. The van der Waals surface area contributed by atoms with Gasteiger partial charge in [-0.25, -0.2) is 0 Å². The number of hydrogen-bond donors (Lipinski definition) is 1. The minimum absolute atomic E-state index is 0.401. The molecule has 13 heavy (non-hydrogen) atoms. The Kier molecular flexibility index (Phi) is 6.71. The van der Waals surface area contributed by atoms with Crippen LogP contribution in [-0.4, -0.2) is 17.7 Å². The highest BCUT2D eigenvalue weighted by Crippen LogP contribution is 2.38. The van der Waals surface area contributed by atoms with Gasteiger partial charge in [-0.3, -0.25) is 4.57 Å². The molecule has 0 saturated heterocycles. The molecule has 0 spiro atoms. The fraction of sp³-hybridized carbons (Fsp3) is 1.00. The van der Waals surface area contributed by atoms with E-state index < -0.39 is 7.37 Å². The number of hydrogen-bond acceptors (Lipinski definition) is 1. The Morgan fingerprint density at radius 3 is 2.38 bits per heavy atom. The molecule has 1 N–H and O–H groups in total. The van der Waals surface area contributed by atoms with Crippen LogP contribution in [-0.2, 0) is 4.57 Å². The monoisotopic (exact) mass is 206 g/mol. The molecule has 0 aromatic heterocycles. The summed E-state index contributed by atoms with van der Waals surface area (Å²) in [5.74, 6) is 0.401. The quantitative estimate of drug-likeness (QED) is 0.511. The lowest BCUT2D eigenvalue weighted by Crippen LogP contribution is -2.01. The van der Waals surface area contributed by atoms with Crippen LogP contribution in [0.25, 0.3) is 0 Å². The lowest BCUT2D eigenvalue weighted by molar-refractivity contribution is 0.458. The summed E-state index contributed by atoms with van der Waals surface area (Å²) in [4.78, 5) is 9.15. The normalized spacial score (nSPS) is 18.2. The maximum absolute atomic E-state index is 11.1. The highest BCUT2D eigenvalue weighted by Gasteiger charge is 2.14. The molecule has 0 fully saturated rings. The summed E-state index contributed by atoms with van der Waals surface area (Å²) >= 11 is 0. The van der Waals surface area contributed by atoms with E-state index in [4.69, 9.17) is 4.89 Å². The third-order valence-electron chi connectivity index (χ3n) is 2.20. The van der Waals surface area contributed by atoms with Crippen LogP contribution in [0.3, 0.4) is 0 Å². The molecule has 0 radical (unpaired) electrons. The SMILES string of the molecule is CCCCCCC(C)CP(C)(=O)O. The highest BCUT2D eigenvalue weighted by molar-refractivity contribution is 7.57. The zero-order chi connectivity index (χ0) is 10.3. The zero-order valence-electron chi connectivity index (χ0n) is 9.12. The number of unbranched alkanes of at least 4 members (excludes halogenated alkanes) is 3. The molecule has 0 heterocycles. The van der Waals surface area contributed by atoms with Crippen LogP contribution in [0.2, 0.25) is 0 Å². The Morgan fingerprint density at radius 1 is 1.31 bits per heavy atom. The molecule has 2 atom stereocenters. The molecule has 2 unspecified atom stereocenters. The van der Waals surface area contributed by atoms with Crippen molar-refractivity contribution >= 4 is 7.37 Å². The van der Waals surface area contributed by atoms with Crippen LogP contribution in [0.5, 0.6) is 0 Å². The van der Waals surface area contributed by atoms with Crippen LogP contribution >= 0.6 is 7.37 Å². The van der Waals surface area contributed by atoms with Gasteiger partial charge in [-0.05, 0) is 5.92 Å². The molecule has 2 nitrogen and oxygen atoms in total. The van der Waals surface area contributed by atoms with Gasteiger partial charge in [-0.1, -0.05) is 46.0 Å². The van der Waals surface area contributed by atoms with Gasteiger partial charge >= 0.3 is 0 Å². The third kappa shape index (κ3) is 10.1. The first kappa shape index (κ1) is 13.2. The second-order valence-corrected chi connectivity index (χ2v) is 6.66. The molecule has 0 aliphatic rings. The lowest BCUT2D eigenvalue weighted by atomic mass is 10.0. The molecule has 0 amide bonds. The largest absolute Gasteiger partial charge is 0.344 e. The van der Waals surface area contributed by atoms with Crippen molar-refractivity contribution in [1.82, 2.24) is 0 Å². The summed E-state index contributed by atoms with van der Waals surface area (Å²) in [5, 5.41) is 0. The van der Waals surface area contributed by atoms with Gasteiger partial charge < -0.3 is 4.89 Å². The van der Waals surface area contributed by atoms with Crippen molar-refractivity contribution < 1.29 is 9.46 Å². The van der Waals surface area contributed by atoms with E-state index in [0.29, 0.717) is 12.1 Å². The maximum atomic E-state index is 11.1. The summed E-state index contributed by atoms with van der Waals surface area (Å²) in [6, 6.07) is 0. The molecule has 0 aliphatic carbocycles. The predicted octanol–water partition coefficient (Wildman–Crippen LogP) is 3.49. The van der Waals surface area contributed by atoms with Crippen molar-refractivity contribution in [2.24, 2.45) is 5.92 Å². The molecular weight excluding hydrogens is 183 g/mol. The van der Waals surface area contributed by atoms with E-state index in [1.165, 1.54) is 32.3 Å². The van der Waals surface area contributed by atoms with Gasteiger partial charge in [0.15, 0.2) is 7.37 Å². The molecule has 0 aliphatic heterocycles. The molecule has 0 rings (SSSR count). The Balaban J connectivity index is 3.41. The minimum atomic E-state index is -2.78. The van der Waals surface area contributed by atoms with Gasteiger partial charge in [-0.2, -0.15) is 0 Å². The van der Waals surface area contributed by atoms with E-state index in [2.05, 4.69) is 13.8 Å². The molecule has 0 bridgehead atoms. The Labute approximate surface area is 82.2 Å². The van der Waals surface area contributed by atoms with Crippen molar-refractivity contribution in [3.8, 4) is 0 Å². The van der Waals surface area contributed by atoms with Crippen LogP contribution in [0.15, 0.2) is 0 Å². The average molecular weight is 206 g/mol. The number of rotatable bonds is 7. The summed E-state index contributed by atoms with van der Waals surface area (Å²) < 4.78 is 11.1. The average Bonchev–Trinajstić information content (AvgIpc) is 1.94. The fourth-order valence-corrected chi connectivity index (χ4v) is 2.93. The van der Waals surface area contributed by atoms with Crippen molar-refractivity contribution in [2.45, 2.75) is 46.0 Å². The molecule has 0 aromatic rings. The zero-order valence-corrected chi connectivity index (χ0v) is 10.0. The van der Waals surface area contributed by atoms with E-state index in [1.54, 1.807) is 0 Å². The highest BCUT2D eigenvalue weighted by atomic mass is 31.2. The van der Waals surface area contributed by atoms with Crippen LogP contribution < -0.4 is 0 Å². The van der Waals surface area contributed by atoms with E-state index in [1.807, 2.05) is 0 Å². The summed E-state index contributed by atoms with van der Waals surface area (Å²) in [7, 11) is -2.78. The van der Waals surface area contributed by atoms with E-state index in [9.17, 15) is 4.57 Å². The predicted molar refractivity (Wildman–Crippen MR) is 58.5 cm³/mol. The van der Waals surface area contributed by atoms with Crippen molar-refractivity contribution in [3.05, 3.63) is 0 Å². The molecule has 0 saturated carbocycles. The second kappa shape index (κ2) is 6.62. The Bertz CT molecular complexity index is 162. The first-order valence-corrected chi connectivity index (χ1v) is 7.54. The topological polar surface area (TPSA) is 37.3 Å². The third-order valence-corrected chi connectivity index (χ3v) is 3.50. The first-order chi connectivity index (χ1) is 5.95. The van der Waals surface area contributed by atoms with Crippen molar-refractivity contribution in [2.75, 3.05) is 12.8 Å². The molecule has 0 aromatic carbocycles. The summed E-state index contributed by atoms with van der Waals surface area (Å²) in [6.07, 6.45) is 6.59. The molecule has 3 heteroatoms. The van der Waals surface area contributed by atoms with Gasteiger partial charge in [-0.15, -0.1) is 0 Å². The Morgan fingerprint density at radius 2 is 1.92 bits per heavy atom. The van der Waals surface area contributed by atoms with Crippen LogP contribution in [0.1, 0.15) is 46.0 Å². The fourth-order valence-electron chi connectivity index (χ4n) is 1.59. The molecule has 80 valence electrons. The van der Waals surface area contributed by atoms with Gasteiger partial charge in [0.1, 0.15) is 0 Å². The van der Waals surface area contributed by atoms with Gasteiger partial charge in [0, 0.05) is 12.8 Å². The molecular formula is C10H23O2P. The van der Waals surface area contributed by atoms with Crippen molar-refractivity contribution in [3.63, 3.8) is 0 Å². The lowest BCUT2D eigenvalue weighted by Gasteiger charge is -2.12. The van der Waals surface area contributed by atoms with Crippen LogP contribution in [0.4, 0.5) is 0 Å². The van der Waals surface area contributed by atoms with E-state index >= 15 is 0 Å².